The quantitative estimate of drug-likeness (QED) is 0.154. The van der Waals surface area contributed by atoms with Gasteiger partial charge in [-0.1, -0.05) is 164 Å². The molecule has 0 atom stereocenters. The molecular weight excluding hydrogens is 733 g/mol. The second kappa shape index (κ2) is 15.0. The molecule has 0 spiro atoms. The Balaban J connectivity index is 0.972. The Morgan fingerprint density at radius 2 is 0.817 bits per heavy atom. The summed E-state index contributed by atoms with van der Waals surface area (Å²) >= 11 is 0. The highest BCUT2D eigenvalue weighted by molar-refractivity contribution is 6.07. The average molecular weight is 769 g/mol. The van der Waals surface area contributed by atoms with Gasteiger partial charge in [0.05, 0.1) is 0 Å². The van der Waals surface area contributed by atoms with Crippen molar-refractivity contribution < 1.29 is 4.42 Å². The zero-order valence-electron chi connectivity index (χ0n) is 32.5. The van der Waals surface area contributed by atoms with Gasteiger partial charge in [0.2, 0.25) is 0 Å². The van der Waals surface area contributed by atoms with Crippen molar-refractivity contribution in [1.82, 2.24) is 15.0 Å². The third-order valence-electron chi connectivity index (χ3n) is 11.1. The first-order valence-electron chi connectivity index (χ1n) is 20.1. The number of furan rings is 1. The van der Waals surface area contributed by atoms with E-state index in [1.807, 2.05) is 48.5 Å². The molecule has 5 nitrogen and oxygen atoms in total. The molecule has 0 unspecified atom stereocenters. The molecule has 282 valence electrons. The van der Waals surface area contributed by atoms with Crippen molar-refractivity contribution in [1.29, 1.82) is 0 Å². The van der Waals surface area contributed by atoms with Crippen LogP contribution in [0.25, 0.3) is 89.1 Å². The number of hydrogen-bond acceptors (Lipinski definition) is 5. The van der Waals surface area contributed by atoms with Crippen LogP contribution in [0.3, 0.4) is 0 Å². The van der Waals surface area contributed by atoms with Crippen molar-refractivity contribution in [3.05, 3.63) is 218 Å². The number of fused-ring (bicyclic) bond motifs is 4. The van der Waals surface area contributed by atoms with Crippen LogP contribution in [0.15, 0.2) is 223 Å². The van der Waals surface area contributed by atoms with Crippen LogP contribution in [-0.2, 0) is 0 Å². The Hall–Kier alpha value is -8.15. The van der Waals surface area contributed by atoms with Gasteiger partial charge in [-0.05, 0) is 87.6 Å². The van der Waals surface area contributed by atoms with E-state index >= 15 is 0 Å². The van der Waals surface area contributed by atoms with Crippen molar-refractivity contribution in [2.75, 3.05) is 4.90 Å². The maximum Gasteiger partial charge on any atom is 0.164 e. The number of rotatable bonds is 8. The molecule has 11 aromatic rings. The Kier molecular flexibility index (Phi) is 8.75. The van der Waals surface area contributed by atoms with Gasteiger partial charge in [0.15, 0.2) is 17.5 Å². The van der Waals surface area contributed by atoms with Crippen LogP contribution in [0.4, 0.5) is 17.1 Å². The van der Waals surface area contributed by atoms with E-state index in [4.69, 9.17) is 19.4 Å². The summed E-state index contributed by atoms with van der Waals surface area (Å²) in [5.74, 6) is 1.80. The lowest BCUT2D eigenvalue weighted by molar-refractivity contribution is 0.669. The zero-order chi connectivity index (χ0) is 39.8. The first kappa shape index (κ1) is 35.0. The second-order valence-electron chi connectivity index (χ2n) is 14.9. The minimum absolute atomic E-state index is 0.578. The summed E-state index contributed by atoms with van der Waals surface area (Å²) in [6.07, 6.45) is 0. The van der Waals surface area contributed by atoms with E-state index in [0.717, 1.165) is 61.3 Å². The van der Waals surface area contributed by atoms with E-state index in [2.05, 4.69) is 175 Å². The van der Waals surface area contributed by atoms with Crippen molar-refractivity contribution in [2.24, 2.45) is 0 Å². The van der Waals surface area contributed by atoms with Gasteiger partial charge >= 0.3 is 0 Å². The van der Waals surface area contributed by atoms with Crippen LogP contribution in [0.1, 0.15) is 0 Å². The summed E-state index contributed by atoms with van der Waals surface area (Å²) < 4.78 is 6.55. The molecule has 0 aliphatic heterocycles. The molecule has 5 heteroatoms. The van der Waals surface area contributed by atoms with Crippen molar-refractivity contribution in [2.45, 2.75) is 0 Å². The van der Waals surface area contributed by atoms with Gasteiger partial charge < -0.3 is 9.32 Å². The van der Waals surface area contributed by atoms with E-state index in [0.29, 0.717) is 17.5 Å². The topological polar surface area (TPSA) is 55.1 Å². The fourth-order valence-electron chi connectivity index (χ4n) is 8.13. The van der Waals surface area contributed by atoms with Gasteiger partial charge in [-0.25, -0.2) is 15.0 Å². The molecule has 2 aromatic heterocycles. The highest BCUT2D eigenvalue weighted by Crippen LogP contribution is 2.40. The summed E-state index contributed by atoms with van der Waals surface area (Å²) in [4.78, 5) is 17.4. The summed E-state index contributed by atoms with van der Waals surface area (Å²) in [6.45, 7) is 0. The number of hydrogen-bond donors (Lipinski definition) is 0. The van der Waals surface area contributed by atoms with Crippen molar-refractivity contribution in [3.8, 4) is 56.4 Å². The molecule has 0 aliphatic carbocycles. The van der Waals surface area contributed by atoms with E-state index in [9.17, 15) is 0 Å². The third kappa shape index (κ3) is 6.54. The van der Waals surface area contributed by atoms with Crippen molar-refractivity contribution in [3.63, 3.8) is 0 Å². The molecule has 0 N–H and O–H groups in total. The number of anilines is 3. The predicted octanol–water partition coefficient (Wildman–Crippen LogP) is 14.7. The highest BCUT2D eigenvalue weighted by Gasteiger charge is 2.18. The number of para-hydroxylation sites is 1. The first-order valence-corrected chi connectivity index (χ1v) is 20.1. The molecule has 11 rings (SSSR count). The Morgan fingerprint density at radius 3 is 1.55 bits per heavy atom. The predicted molar refractivity (Wildman–Crippen MR) is 246 cm³/mol. The van der Waals surface area contributed by atoms with Gasteiger partial charge in [0.25, 0.3) is 0 Å². The van der Waals surface area contributed by atoms with Gasteiger partial charge in [-0.3, -0.25) is 0 Å². The monoisotopic (exact) mass is 768 g/mol. The number of benzene rings is 9. The maximum atomic E-state index is 6.55. The normalized spacial score (nSPS) is 11.3. The molecule has 0 fully saturated rings. The molecule has 2 heterocycles. The van der Waals surface area contributed by atoms with Gasteiger partial charge in [-0.15, -0.1) is 0 Å². The SMILES string of the molecule is c1ccc(-c2ccc(N(c3ccccc3)c3ccc4oc5cc(-c6nc(-c7ccccc7)nc(-c7ccc(-c8cccc9ccccc89)cc7)n6)ccc5c4c3)cc2)cc1. The fourth-order valence-corrected chi connectivity index (χ4v) is 8.13. The summed E-state index contributed by atoms with van der Waals surface area (Å²) in [5, 5.41) is 4.49. The first-order chi connectivity index (χ1) is 29.7. The minimum Gasteiger partial charge on any atom is -0.456 e. The minimum atomic E-state index is 0.578. The van der Waals surface area contributed by atoms with Crippen LogP contribution < -0.4 is 4.90 Å². The Labute approximate surface area is 347 Å². The summed E-state index contributed by atoms with van der Waals surface area (Å²) in [5.41, 5.74) is 12.1. The van der Waals surface area contributed by atoms with Gasteiger partial charge in [0.1, 0.15) is 11.2 Å². The molecule has 0 amide bonds. The van der Waals surface area contributed by atoms with Crippen LogP contribution in [0.5, 0.6) is 0 Å². The van der Waals surface area contributed by atoms with Crippen LogP contribution in [-0.4, -0.2) is 15.0 Å². The summed E-state index contributed by atoms with van der Waals surface area (Å²) in [7, 11) is 0. The highest BCUT2D eigenvalue weighted by atomic mass is 16.3. The molecule has 0 saturated carbocycles. The fraction of sp³-hybridized carbons (Fsp3) is 0. The smallest absolute Gasteiger partial charge is 0.164 e. The standard InChI is InChI=1S/C55H36N4O/c1-4-13-37(14-5-1)38-27-30-45(31-28-38)59(44-19-8-3-9-20-44)46-32-34-51-50(36-46)49-33-29-43(35-52(49)60-51)55-57-53(41-16-6-2-7-17-41)56-54(58-55)42-25-23-40(24-26-42)48-22-12-18-39-15-10-11-21-47(39)48/h1-36H. The molecule has 0 aliphatic rings. The number of aromatic nitrogens is 3. The number of nitrogens with zero attached hydrogens (tertiary/aromatic N) is 4. The lowest BCUT2D eigenvalue weighted by Gasteiger charge is -2.25. The van der Waals surface area contributed by atoms with Gasteiger partial charge in [-0.2, -0.15) is 0 Å². The summed E-state index contributed by atoms with van der Waals surface area (Å²) in [6, 6.07) is 75.8. The van der Waals surface area contributed by atoms with Gasteiger partial charge in [0, 0.05) is 44.5 Å². The van der Waals surface area contributed by atoms with E-state index < -0.39 is 0 Å². The molecular formula is C55H36N4O. The van der Waals surface area contributed by atoms with E-state index in [1.165, 1.54) is 27.5 Å². The Morgan fingerprint density at radius 1 is 0.300 bits per heavy atom. The Bertz CT molecular complexity index is 3290. The third-order valence-corrected chi connectivity index (χ3v) is 11.1. The molecule has 0 bridgehead atoms. The molecule has 9 aromatic carbocycles. The molecule has 60 heavy (non-hydrogen) atoms. The van der Waals surface area contributed by atoms with Crippen molar-refractivity contribution >= 4 is 49.8 Å². The van der Waals surface area contributed by atoms with Crippen LogP contribution in [0.2, 0.25) is 0 Å². The largest absolute Gasteiger partial charge is 0.456 e. The lowest BCUT2D eigenvalue weighted by atomic mass is 9.97. The van der Waals surface area contributed by atoms with E-state index in [-0.39, 0.29) is 0 Å². The zero-order valence-corrected chi connectivity index (χ0v) is 32.5. The van der Waals surface area contributed by atoms with E-state index in [1.54, 1.807) is 0 Å². The van der Waals surface area contributed by atoms with Crippen LogP contribution in [0, 0.1) is 0 Å². The second-order valence-corrected chi connectivity index (χ2v) is 14.9. The average Bonchev–Trinajstić information content (AvgIpc) is 3.70. The van der Waals surface area contributed by atoms with Crippen LogP contribution >= 0.6 is 0 Å². The molecule has 0 saturated heterocycles. The maximum absolute atomic E-state index is 6.55. The molecule has 0 radical (unpaired) electrons. The lowest BCUT2D eigenvalue weighted by Crippen LogP contribution is -2.09.